The highest BCUT2D eigenvalue weighted by Crippen LogP contribution is 2.40. The fourth-order valence-corrected chi connectivity index (χ4v) is 4.89. The molecule has 0 amide bonds. The lowest BCUT2D eigenvalue weighted by Gasteiger charge is -2.19. The number of ketones is 1. The Morgan fingerprint density at radius 2 is 1.97 bits per heavy atom. The van der Waals surface area contributed by atoms with Crippen molar-refractivity contribution >= 4 is 46.7 Å². The molecule has 0 radical (unpaired) electrons. The highest BCUT2D eigenvalue weighted by atomic mass is 35.5. The number of aromatic amines is 1. The molecule has 0 spiro atoms. The first-order valence-corrected chi connectivity index (χ1v) is 11.2. The van der Waals surface area contributed by atoms with Gasteiger partial charge in [0, 0.05) is 33.2 Å². The first kappa shape index (κ1) is 25.1. The molecule has 1 aromatic heterocycles. The van der Waals surface area contributed by atoms with Crippen molar-refractivity contribution in [2.75, 3.05) is 13.7 Å². The van der Waals surface area contributed by atoms with E-state index in [9.17, 15) is 14.7 Å². The first-order valence-electron chi connectivity index (χ1n) is 10.8. The Balaban J connectivity index is 0.00000306. The SMILES string of the molecule is COc1c(CC2CCCN2)cc2[nH]c(C)c(C(C)C(=O)O)c2c1C(=O)c1ccc(Cl)cc1.Cl. The molecule has 0 aliphatic carbocycles. The Morgan fingerprint density at radius 3 is 2.55 bits per heavy atom. The minimum atomic E-state index is -0.947. The Morgan fingerprint density at radius 1 is 1.27 bits per heavy atom. The van der Waals surface area contributed by atoms with Gasteiger partial charge >= 0.3 is 5.97 Å². The maximum absolute atomic E-state index is 13.8. The predicted molar refractivity (Wildman–Crippen MR) is 132 cm³/mol. The molecule has 2 aromatic carbocycles. The molecule has 1 fully saturated rings. The molecule has 0 saturated carbocycles. The van der Waals surface area contributed by atoms with E-state index < -0.39 is 11.9 Å². The standard InChI is InChI=1S/C25H27ClN2O4.ClH/c1-13(25(30)31)20-14(2)28-19-12-16(11-18-5-4-10-27-18)24(32-3)22(21(19)20)23(29)15-6-8-17(26)9-7-15;/h6-9,12-13,18,27-28H,4-5,10-11H2,1-3H3,(H,30,31);1H. The summed E-state index contributed by atoms with van der Waals surface area (Å²) in [6.07, 6.45) is 2.91. The van der Waals surface area contributed by atoms with Crippen LogP contribution < -0.4 is 10.1 Å². The van der Waals surface area contributed by atoms with Gasteiger partial charge in [-0.2, -0.15) is 0 Å². The van der Waals surface area contributed by atoms with Gasteiger partial charge in [0.1, 0.15) is 5.75 Å². The molecule has 2 unspecified atom stereocenters. The number of benzene rings is 2. The van der Waals surface area contributed by atoms with Crippen LogP contribution in [0.15, 0.2) is 30.3 Å². The maximum Gasteiger partial charge on any atom is 0.310 e. The number of nitrogens with one attached hydrogen (secondary N) is 2. The number of aryl methyl sites for hydroxylation is 1. The minimum Gasteiger partial charge on any atom is -0.496 e. The van der Waals surface area contributed by atoms with E-state index in [4.69, 9.17) is 16.3 Å². The number of carbonyl (C=O) groups is 2. The van der Waals surface area contributed by atoms with Gasteiger partial charge in [0.25, 0.3) is 0 Å². The summed E-state index contributed by atoms with van der Waals surface area (Å²) in [5.74, 6) is -1.45. The van der Waals surface area contributed by atoms with Crippen LogP contribution in [0.2, 0.25) is 5.02 Å². The van der Waals surface area contributed by atoms with Crippen LogP contribution >= 0.6 is 24.0 Å². The number of methoxy groups -OCH3 is 1. The fourth-order valence-electron chi connectivity index (χ4n) is 4.76. The van der Waals surface area contributed by atoms with E-state index in [1.54, 1.807) is 38.3 Å². The molecule has 2 heterocycles. The summed E-state index contributed by atoms with van der Waals surface area (Å²) in [4.78, 5) is 29.0. The summed E-state index contributed by atoms with van der Waals surface area (Å²) >= 11 is 6.03. The van der Waals surface area contributed by atoms with Crippen LogP contribution in [0.5, 0.6) is 5.75 Å². The molecule has 4 rings (SSSR count). The summed E-state index contributed by atoms with van der Waals surface area (Å²) in [7, 11) is 1.56. The summed E-state index contributed by atoms with van der Waals surface area (Å²) in [6, 6.07) is 9.02. The number of fused-ring (bicyclic) bond motifs is 1. The zero-order valence-corrected chi connectivity index (χ0v) is 20.4. The zero-order chi connectivity index (χ0) is 23.0. The summed E-state index contributed by atoms with van der Waals surface area (Å²) < 4.78 is 5.83. The zero-order valence-electron chi connectivity index (χ0n) is 18.8. The maximum atomic E-state index is 13.8. The summed E-state index contributed by atoms with van der Waals surface area (Å²) in [5, 5.41) is 14.4. The second-order valence-corrected chi connectivity index (χ2v) is 8.86. The molecule has 8 heteroatoms. The van der Waals surface area contributed by atoms with Gasteiger partial charge < -0.3 is 20.1 Å². The van der Waals surface area contributed by atoms with Crippen LogP contribution in [-0.4, -0.2) is 41.5 Å². The number of carboxylic acids is 1. The molecular weight excluding hydrogens is 463 g/mol. The smallest absolute Gasteiger partial charge is 0.310 e. The quantitative estimate of drug-likeness (QED) is 0.392. The number of rotatable bonds is 7. The lowest BCUT2D eigenvalue weighted by atomic mass is 9.88. The molecule has 1 aliphatic rings. The van der Waals surface area contributed by atoms with Gasteiger partial charge in [-0.1, -0.05) is 11.6 Å². The molecule has 3 aromatic rings. The van der Waals surface area contributed by atoms with Gasteiger partial charge in [0.2, 0.25) is 0 Å². The molecule has 33 heavy (non-hydrogen) atoms. The number of ether oxygens (including phenoxy) is 1. The Kier molecular flexibility index (Phi) is 7.73. The number of carbonyl (C=O) groups excluding carboxylic acids is 1. The first-order chi connectivity index (χ1) is 15.3. The van der Waals surface area contributed by atoms with Gasteiger partial charge in [-0.3, -0.25) is 9.59 Å². The molecule has 2 atom stereocenters. The number of carboxylic acid groups (broad SMARTS) is 1. The van der Waals surface area contributed by atoms with E-state index in [0.29, 0.717) is 38.9 Å². The van der Waals surface area contributed by atoms with E-state index in [1.807, 2.05) is 13.0 Å². The number of hydrogen-bond acceptors (Lipinski definition) is 4. The molecule has 3 N–H and O–H groups in total. The third kappa shape index (κ3) is 4.74. The van der Waals surface area contributed by atoms with Gasteiger partial charge in [0.15, 0.2) is 5.78 Å². The van der Waals surface area contributed by atoms with Gasteiger partial charge in [-0.25, -0.2) is 0 Å². The van der Waals surface area contributed by atoms with E-state index >= 15 is 0 Å². The highest BCUT2D eigenvalue weighted by Gasteiger charge is 2.30. The number of aliphatic carboxylic acids is 1. The third-order valence-electron chi connectivity index (χ3n) is 6.32. The van der Waals surface area contributed by atoms with Crippen molar-refractivity contribution in [2.45, 2.75) is 45.1 Å². The average Bonchev–Trinajstić information content (AvgIpc) is 3.39. The van der Waals surface area contributed by atoms with Gasteiger partial charge in [-0.05, 0) is 81.1 Å². The van der Waals surface area contributed by atoms with Crippen LogP contribution in [0.3, 0.4) is 0 Å². The largest absolute Gasteiger partial charge is 0.496 e. The van der Waals surface area contributed by atoms with Crippen LogP contribution in [0.4, 0.5) is 0 Å². The van der Waals surface area contributed by atoms with Crippen molar-refractivity contribution in [2.24, 2.45) is 0 Å². The molecule has 1 aliphatic heterocycles. The summed E-state index contributed by atoms with van der Waals surface area (Å²) in [6.45, 7) is 4.46. The van der Waals surface area contributed by atoms with Gasteiger partial charge in [0.05, 0.1) is 18.6 Å². The second kappa shape index (κ2) is 10.2. The fraction of sp³-hybridized carbons (Fsp3) is 0.360. The second-order valence-electron chi connectivity index (χ2n) is 8.42. The van der Waals surface area contributed by atoms with Crippen molar-refractivity contribution in [3.05, 3.63) is 63.3 Å². The van der Waals surface area contributed by atoms with Crippen molar-refractivity contribution in [3.8, 4) is 5.75 Å². The van der Waals surface area contributed by atoms with Crippen molar-refractivity contribution in [1.29, 1.82) is 0 Å². The van der Waals surface area contributed by atoms with Crippen LogP contribution in [-0.2, 0) is 11.2 Å². The highest BCUT2D eigenvalue weighted by molar-refractivity contribution is 6.30. The normalized spacial score (nSPS) is 16.4. The van der Waals surface area contributed by atoms with Crippen molar-refractivity contribution in [1.82, 2.24) is 10.3 Å². The third-order valence-corrected chi connectivity index (χ3v) is 6.57. The van der Waals surface area contributed by atoms with Crippen LogP contribution in [0, 0.1) is 6.92 Å². The lowest BCUT2D eigenvalue weighted by molar-refractivity contribution is -0.138. The predicted octanol–water partition coefficient (Wildman–Crippen LogP) is 5.27. The number of hydrogen-bond donors (Lipinski definition) is 3. The van der Waals surface area contributed by atoms with E-state index in [2.05, 4.69) is 10.3 Å². The van der Waals surface area contributed by atoms with Crippen LogP contribution in [0.1, 0.15) is 58.4 Å². The molecule has 176 valence electrons. The van der Waals surface area contributed by atoms with E-state index in [0.717, 1.165) is 42.6 Å². The van der Waals surface area contributed by atoms with E-state index in [1.165, 1.54) is 0 Å². The molecule has 6 nitrogen and oxygen atoms in total. The minimum absolute atomic E-state index is 0. The van der Waals surface area contributed by atoms with Crippen molar-refractivity contribution < 1.29 is 19.4 Å². The molecular formula is C25H28Cl2N2O4. The lowest BCUT2D eigenvalue weighted by Crippen LogP contribution is -2.24. The average molecular weight is 491 g/mol. The monoisotopic (exact) mass is 490 g/mol. The Labute approximate surface area is 204 Å². The van der Waals surface area contributed by atoms with E-state index in [-0.39, 0.29) is 18.2 Å². The molecule has 1 saturated heterocycles. The Bertz CT molecular complexity index is 1180. The Hall–Kier alpha value is -2.54. The number of aromatic nitrogens is 1. The number of H-pyrrole nitrogens is 1. The molecule has 0 bridgehead atoms. The summed E-state index contributed by atoms with van der Waals surface area (Å²) in [5.41, 5.74) is 3.88. The van der Waals surface area contributed by atoms with Crippen molar-refractivity contribution in [3.63, 3.8) is 0 Å². The topological polar surface area (TPSA) is 91.4 Å². The van der Waals surface area contributed by atoms with Gasteiger partial charge in [-0.15, -0.1) is 12.4 Å². The van der Waals surface area contributed by atoms with Crippen LogP contribution in [0.25, 0.3) is 10.9 Å². The number of halogens is 2.